The Morgan fingerprint density at radius 2 is 0.830 bits per heavy atom. The lowest BCUT2D eigenvalue weighted by Gasteiger charge is -2.42. The van der Waals surface area contributed by atoms with Gasteiger partial charge in [-0.1, -0.05) is 185 Å². The van der Waals surface area contributed by atoms with E-state index in [0.717, 1.165) is 25.7 Å². The predicted octanol–water partition coefficient (Wildman–Crippen LogP) is 13.6. The number of rotatable bonds is 8. The zero-order valence-electron chi connectivity index (χ0n) is 28.2. The summed E-state index contributed by atoms with van der Waals surface area (Å²) in [6, 6.07) is 45.4. The number of allylic oxidation sites excluding steroid dienone is 2. The highest BCUT2D eigenvalue weighted by Gasteiger charge is 2.47. The Kier molecular flexibility index (Phi) is 7.48. The van der Waals surface area contributed by atoms with Crippen molar-refractivity contribution >= 4 is 33.7 Å². The minimum atomic E-state index is -0.0206. The molecule has 0 fully saturated rings. The lowest BCUT2D eigenvalue weighted by Crippen LogP contribution is -2.30. The van der Waals surface area contributed by atoms with E-state index in [1.807, 2.05) is 0 Å². The number of hydrogen-bond donors (Lipinski definition) is 0. The quantitative estimate of drug-likeness (QED) is 0.161. The molecule has 2 atom stereocenters. The normalized spacial score (nSPS) is 17.1. The van der Waals surface area contributed by atoms with Gasteiger partial charge in [0.15, 0.2) is 0 Å². The second-order valence-electron chi connectivity index (χ2n) is 14.3. The van der Waals surface area contributed by atoms with E-state index in [9.17, 15) is 0 Å². The van der Waals surface area contributed by atoms with E-state index in [1.165, 1.54) is 66.1 Å². The van der Waals surface area contributed by atoms with Crippen molar-refractivity contribution in [3.8, 4) is 22.3 Å². The zero-order chi connectivity index (χ0) is 32.1. The Bertz CT molecular complexity index is 2040. The molecule has 0 nitrogen and oxygen atoms in total. The molecule has 0 aromatic heterocycles. The van der Waals surface area contributed by atoms with E-state index in [0.29, 0.717) is 11.8 Å². The maximum Gasteiger partial charge on any atom is 0.0118 e. The fraction of sp³-hybridized carbons (Fsp3) is 0.234. The molecule has 232 valence electrons. The van der Waals surface area contributed by atoms with Gasteiger partial charge in [0.05, 0.1) is 0 Å². The summed E-state index contributed by atoms with van der Waals surface area (Å²) < 4.78 is 0. The monoisotopic (exact) mass is 608 g/mol. The van der Waals surface area contributed by atoms with Crippen LogP contribution in [0.15, 0.2) is 132 Å². The van der Waals surface area contributed by atoms with Gasteiger partial charge < -0.3 is 0 Å². The van der Waals surface area contributed by atoms with Crippen LogP contribution in [0.1, 0.15) is 87.5 Å². The van der Waals surface area contributed by atoms with Crippen molar-refractivity contribution in [2.45, 2.75) is 65.2 Å². The van der Waals surface area contributed by atoms with Crippen LogP contribution >= 0.6 is 0 Å². The summed E-state index contributed by atoms with van der Waals surface area (Å²) in [7, 11) is 0. The fourth-order valence-corrected chi connectivity index (χ4v) is 9.25. The van der Waals surface area contributed by atoms with Crippen LogP contribution in [0.3, 0.4) is 0 Å². The molecule has 8 rings (SSSR count). The van der Waals surface area contributed by atoms with Crippen molar-refractivity contribution in [2.75, 3.05) is 0 Å². The minimum Gasteiger partial charge on any atom is -0.0651 e. The molecule has 0 heteroatoms. The summed E-state index contributed by atoms with van der Waals surface area (Å²) in [5, 5.41) is 5.26. The van der Waals surface area contributed by atoms with Gasteiger partial charge in [0.25, 0.3) is 0 Å². The van der Waals surface area contributed by atoms with E-state index in [4.69, 9.17) is 0 Å². The molecule has 0 radical (unpaired) electrons. The molecule has 2 aliphatic carbocycles. The third-order valence-electron chi connectivity index (χ3n) is 11.0. The maximum absolute atomic E-state index is 2.58. The predicted molar refractivity (Wildman–Crippen MR) is 204 cm³/mol. The van der Waals surface area contributed by atoms with E-state index in [2.05, 4.69) is 161 Å². The Balaban J connectivity index is 1.29. The molecular formula is C47H44. The molecule has 2 unspecified atom stereocenters. The van der Waals surface area contributed by atoms with E-state index >= 15 is 0 Å². The second kappa shape index (κ2) is 11.8. The van der Waals surface area contributed by atoms with Crippen LogP contribution in [0.25, 0.3) is 56.0 Å². The Morgan fingerprint density at radius 1 is 0.447 bits per heavy atom. The van der Waals surface area contributed by atoms with Crippen LogP contribution in [-0.2, 0) is 0 Å². The number of fused-ring (bicyclic) bond motifs is 4. The average Bonchev–Trinajstić information content (AvgIpc) is 3.67. The molecule has 0 amide bonds. The lowest BCUT2D eigenvalue weighted by molar-refractivity contribution is 0.268. The van der Waals surface area contributed by atoms with Gasteiger partial charge in [-0.3, -0.25) is 0 Å². The molecule has 0 spiro atoms. The van der Waals surface area contributed by atoms with Crippen molar-refractivity contribution < 1.29 is 0 Å². The van der Waals surface area contributed by atoms with Gasteiger partial charge in [0.2, 0.25) is 0 Å². The van der Waals surface area contributed by atoms with Crippen LogP contribution in [-0.4, -0.2) is 0 Å². The first kappa shape index (κ1) is 29.7. The fourth-order valence-electron chi connectivity index (χ4n) is 9.25. The SMILES string of the molecule is CCCC1=Cc2c(-c3cccc4ccccc34)cccc2C1C(C)(C)C1C(CCC)=Cc2c(-c3cccc4ccccc34)cccc21. The van der Waals surface area contributed by atoms with Gasteiger partial charge in [-0.2, -0.15) is 0 Å². The molecule has 0 saturated carbocycles. The van der Waals surface area contributed by atoms with Crippen molar-refractivity contribution in [3.05, 3.63) is 155 Å². The van der Waals surface area contributed by atoms with Crippen LogP contribution < -0.4 is 0 Å². The highest BCUT2D eigenvalue weighted by atomic mass is 14.5. The van der Waals surface area contributed by atoms with Gasteiger partial charge in [0.1, 0.15) is 0 Å². The van der Waals surface area contributed by atoms with Crippen LogP contribution in [0, 0.1) is 5.41 Å². The van der Waals surface area contributed by atoms with Crippen LogP contribution in [0.5, 0.6) is 0 Å². The summed E-state index contributed by atoms with van der Waals surface area (Å²) in [5.41, 5.74) is 14.4. The van der Waals surface area contributed by atoms with Crippen molar-refractivity contribution in [2.24, 2.45) is 5.41 Å². The molecule has 0 saturated heterocycles. The molecule has 0 aliphatic heterocycles. The molecule has 0 heterocycles. The molecule has 47 heavy (non-hydrogen) atoms. The van der Waals surface area contributed by atoms with Crippen molar-refractivity contribution in [1.82, 2.24) is 0 Å². The van der Waals surface area contributed by atoms with E-state index < -0.39 is 0 Å². The maximum atomic E-state index is 2.58. The Morgan fingerprint density at radius 3 is 1.28 bits per heavy atom. The van der Waals surface area contributed by atoms with Crippen LogP contribution in [0.2, 0.25) is 0 Å². The van der Waals surface area contributed by atoms with Gasteiger partial charge in [0, 0.05) is 11.8 Å². The average molecular weight is 609 g/mol. The van der Waals surface area contributed by atoms with Gasteiger partial charge in [-0.05, 0) is 84.3 Å². The Hall–Kier alpha value is -4.68. The molecule has 2 aliphatic rings. The van der Waals surface area contributed by atoms with Gasteiger partial charge in [-0.15, -0.1) is 0 Å². The van der Waals surface area contributed by atoms with E-state index in [-0.39, 0.29) is 5.41 Å². The molecular weight excluding hydrogens is 565 g/mol. The molecule has 0 bridgehead atoms. The second-order valence-corrected chi connectivity index (χ2v) is 14.3. The number of hydrogen-bond acceptors (Lipinski definition) is 0. The topological polar surface area (TPSA) is 0 Å². The highest BCUT2D eigenvalue weighted by Crippen LogP contribution is 2.61. The first-order valence-electron chi connectivity index (χ1n) is 17.6. The molecule has 6 aromatic carbocycles. The standard InChI is InChI=1S/C47H44/c1-5-15-33-29-43-39(37-23-11-19-31-17-7-9-21-35(31)37)25-13-27-41(43)45(33)47(3,4)46-34(16-6-2)30-44-40(26-14-28-42(44)46)38-24-12-20-32-18-8-10-22-36(32)38/h7-14,17-30,45-46H,5-6,15-16H2,1-4H3. The first-order valence-corrected chi connectivity index (χ1v) is 17.6. The van der Waals surface area contributed by atoms with Gasteiger partial charge >= 0.3 is 0 Å². The summed E-state index contributed by atoms with van der Waals surface area (Å²) in [6.45, 7) is 9.80. The van der Waals surface area contributed by atoms with Crippen molar-refractivity contribution in [3.63, 3.8) is 0 Å². The Labute approximate surface area is 280 Å². The summed E-state index contributed by atoms with van der Waals surface area (Å²) in [6.07, 6.45) is 9.71. The summed E-state index contributed by atoms with van der Waals surface area (Å²) in [5.74, 6) is 0.703. The minimum absolute atomic E-state index is 0.0206. The third-order valence-corrected chi connectivity index (χ3v) is 11.0. The third kappa shape index (κ3) is 4.80. The largest absolute Gasteiger partial charge is 0.0651 e. The van der Waals surface area contributed by atoms with Crippen LogP contribution in [0.4, 0.5) is 0 Å². The summed E-state index contributed by atoms with van der Waals surface area (Å²) >= 11 is 0. The zero-order valence-corrected chi connectivity index (χ0v) is 28.2. The summed E-state index contributed by atoms with van der Waals surface area (Å²) in [4.78, 5) is 0. The van der Waals surface area contributed by atoms with Crippen molar-refractivity contribution in [1.29, 1.82) is 0 Å². The van der Waals surface area contributed by atoms with E-state index in [1.54, 1.807) is 11.1 Å². The smallest absolute Gasteiger partial charge is 0.0118 e. The first-order chi connectivity index (χ1) is 23.0. The molecule has 6 aromatic rings. The number of benzene rings is 6. The lowest BCUT2D eigenvalue weighted by atomic mass is 9.61. The molecule has 0 N–H and O–H groups in total. The van der Waals surface area contributed by atoms with Gasteiger partial charge in [-0.25, -0.2) is 0 Å². The highest BCUT2D eigenvalue weighted by molar-refractivity contribution is 6.01.